The number of nitrogens with zero attached hydrogens (tertiary/aromatic N) is 3. The molecule has 1 heterocycles. The monoisotopic (exact) mass is 294 g/mol. The molecule has 0 atom stereocenters. The van der Waals surface area contributed by atoms with Crippen LogP contribution in [0.25, 0.3) is 5.69 Å². The minimum Gasteiger partial charge on any atom is -0.397 e. The molecule has 0 saturated carbocycles. The summed E-state index contributed by atoms with van der Waals surface area (Å²) in [5, 5.41) is 4.48. The predicted octanol–water partition coefficient (Wildman–Crippen LogP) is 2.74. The minimum atomic E-state index is 0.704. The van der Waals surface area contributed by atoms with Gasteiger partial charge in [0.15, 0.2) is 5.82 Å². The second-order valence-electron chi connectivity index (χ2n) is 3.77. The van der Waals surface area contributed by atoms with Gasteiger partial charge >= 0.3 is 0 Å². The third-order valence-corrected chi connectivity index (χ3v) is 3.06. The molecule has 0 saturated heterocycles. The molecule has 0 aliphatic heterocycles. The molecule has 17 heavy (non-hydrogen) atoms. The van der Waals surface area contributed by atoms with E-state index in [4.69, 9.17) is 5.73 Å². The van der Waals surface area contributed by atoms with Crippen LogP contribution in [0.5, 0.6) is 0 Å². The first-order chi connectivity index (χ1) is 8.15. The van der Waals surface area contributed by atoms with Crippen LogP contribution in [0.15, 0.2) is 22.7 Å². The van der Waals surface area contributed by atoms with Gasteiger partial charge in [0, 0.05) is 17.3 Å². The molecule has 0 aliphatic carbocycles. The van der Waals surface area contributed by atoms with Crippen LogP contribution in [0.1, 0.15) is 25.5 Å². The van der Waals surface area contributed by atoms with E-state index in [1.54, 1.807) is 0 Å². The molecule has 2 aromatic rings. The van der Waals surface area contributed by atoms with Crippen molar-refractivity contribution in [2.45, 2.75) is 26.7 Å². The van der Waals surface area contributed by atoms with Crippen LogP contribution >= 0.6 is 15.9 Å². The second kappa shape index (κ2) is 4.87. The Kier molecular flexibility index (Phi) is 3.47. The van der Waals surface area contributed by atoms with Crippen molar-refractivity contribution in [2.24, 2.45) is 0 Å². The summed E-state index contributed by atoms with van der Waals surface area (Å²) in [6.07, 6.45) is 1.66. The maximum Gasteiger partial charge on any atom is 0.151 e. The van der Waals surface area contributed by atoms with E-state index in [9.17, 15) is 0 Å². The van der Waals surface area contributed by atoms with E-state index in [1.165, 1.54) is 0 Å². The lowest BCUT2D eigenvalue weighted by molar-refractivity contribution is 0.792. The normalized spacial score (nSPS) is 10.8. The Bertz CT molecular complexity index is 533. The first kappa shape index (κ1) is 12.1. The molecule has 0 aliphatic rings. The van der Waals surface area contributed by atoms with E-state index in [2.05, 4.69) is 32.9 Å². The van der Waals surface area contributed by atoms with Crippen molar-refractivity contribution in [3.8, 4) is 5.69 Å². The van der Waals surface area contributed by atoms with Gasteiger partial charge in [-0.1, -0.05) is 29.8 Å². The summed E-state index contributed by atoms with van der Waals surface area (Å²) in [7, 11) is 0. The summed E-state index contributed by atoms with van der Waals surface area (Å²) in [6, 6.07) is 5.75. The third kappa shape index (κ3) is 2.34. The van der Waals surface area contributed by atoms with Crippen LogP contribution in [0.2, 0.25) is 0 Å². The molecule has 1 aromatic carbocycles. The van der Waals surface area contributed by atoms with Crippen LogP contribution in [0.4, 0.5) is 5.69 Å². The fraction of sp³-hybridized carbons (Fsp3) is 0.333. The van der Waals surface area contributed by atoms with Gasteiger partial charge in [-0.3, -0.25) is 0 Å². The van der Waals surface area contributed by atoms with Gasteiger partial charge in [-0.15, -0.1) is 0 Å². The Morgan fingerprint density at radius 2 is 2.06 bits per heavy atom. The second-order valence-corrected chi connectivity index (χ2v) is 4.68. The number of aryl methyl sites for hydroxylation is 2. The molecule has 0 bridgehead atoms. The molecule has 0 spiro atoms. The zero-order chi connectivity index (χ0) is 12.4. The highest BCUT2D eigenvalue weighted by atomic mass is 79.9. The minimum absolute atomic E-state index is 0.704. The molecule has 1 aromatic heterocycles. The summed E-state index contributed by atoms with van der Waals surface area (Å²) in [5.41, 5.74) is 7.57. The van der Waals surface area contributed by atoms with Crippen LogP contribution in [-0.2, 0) is 12.8 Å². The number of aromatic nitrogens is 3. The molecule has 2 rings (SSSR count). The quantitative estimate of drug-likeness (QED) is 0.886. The first-order valence-electron chi connectivity index (χ1n) is 5.66. The van der Waals surface area contributed by atoms with Gasteiger partial charge < -0.3 is 5.73 Å². The highest BCUT2D eigenvalue weighted by Gasteiger charge is 2.11. The first-order valence-corrected chi connectivity index (χ1v) is 6.45. The van der Waals surface area contributed by atoms with Gasteiger partial charge in [0.1, 0.15) is 5.82 Å². The summed E-state index contributed by atoms with van der Waals surface area (Å²) in [6.45, 7) is 4.11. The Hall–Kier alpha value is -1.36. The van der Waals surface area contributed by atoms with Crippen LogP contribution in [-0.4, -0.2) is 14.8 Å². The lowest BCUT2D eigenvalue weighted by atomic mass is 10.2. The average molecular weight is 295 g/mol. The van der Waals surface area contributed by atoms with E-state index in [0.717, 1.165) is 34.7 Å². The van der Waals surface area contributed by atoms with Crippen molar-refractivity contribution < 1.29 is 0 Å². The fourth-order valence-corrected chi connectivity index (χ4v) is 2.01. The van der Waals surface area contributed by atoms with Crippen LogP contribution in [0.3, 0.4) is 0 Å². The number of nitrogens with two attached hydrogens (primary N) is 1. The van der Waals surface area contributed by atoms with Gasteiger partial charge in [0.25, 0.3) is 0 Å². The van der Waals surface area contributed by atoms with E-state index in [-0.39, 0.29) is 0 Å². The van der Waals surface area contributed by atoms with Crippen molar-refractivity contribution in [1.29, 1.82) is 0 Å². The molecule has 4 nitrogen and oxygen atoms in total. The number of hydrogen-bond donors (Lipinski definition) is 1. The lowest BCUT2D eigenvalue weighted by Crippen LogP contribution is -2.05. The van der Waals surface area contributed by atoms with Crippen molar-refractivity contribution in [3.63, 3.8) is 0 Å². The standard InChI is InChI=1S/C12H15BrN4/c1-3-11-15-12(4-2)17(16-11)10-7-8(13)5-6-9(10)14/h5-7H,3-4,14H2,1-2H3. The Morgan fingerprint density at radius 3 is 2.71 bits per heavy atom. The van der Waals surface area contributed by atoms with Gasteiger partial charge in [-0.05, 0) is 18.2 Å². The largest absolute Gasteiger partial charge is 0.397 e. The summed E-state index contributed by atoms with van der Waals surface area (Å²) < 4.78 is 2.82. The Balaban J connectivity index is 2.58. The number of benzene rings is 1. The zero-order valence-corrected chi connectivity index (χ0v) is 11.5. The molecule has 5 heteroatoms. The fourth-order valence-electron chi connectivity index (χ4n) is 1.66. The number of nitrogen functional groups attached to an aromatic ring is 1. The number of halogens is 1. The van der Waals surface area contributed by atoms with Crippen molar-refractivity contribution in [1.82, 2.24) is 14.8 Å². The van der Waals surface area contributed by atoms with E-state index >= 15 is 0 Å². The maximum atomic E-state index is 5.99. The molecule has 0 radical (unpaired) electrons. The van der Waals surface area contributed by atoms with E-state index in [0.29, 0.717) is 5.69 Å². The van der Waals surface area contributed by atoms with E-state index < -0.39 is 0 Å². The van der Waals surface area contributed by atoms with Crippen molar-refractivity contribution in [3.05, 3.63) is 34.3 Å². The van der Waals surface area contributed by atoms with Gasteiger partial charge in [-0.2, -0.15) is 5.10 Å². The number of anilines is 1. The highest BCUT2D eigenvalue weighted by molar-refractivity contribution is 9.10. The third-order valence-electron chi connectivity index (χ3n) is 2.57. The Labute approximate surface area is 109 Å². The summed E-state index contributed by atoms with van der Waals surface area (Å²) in [4.78, 5) is 4.48. The molecule has 0 fully saturated rings. The zero-order valence-electron chi connectivity index (χ0n) is 9.94. The summed E-state index contributed by atoms with van der Waals surface area (Å²) in [5.74, 6) is 1.79. The van der Waals surface area contributed by atoms with E-state index in [1.807, 2.05) is 29.8 Å². The SMILES string of the molecule is CCc1nc(CC)n(-c2cc(Br)ccc2N)n1. The predicted molar refractivity (Wildman–Crippen MR) is 72.2 cm³/mol. The van der Waals surface area contributed by atoms with Crippen molar-refractivity contribution >= 4 is 21.6 Å². The smallest absolute Gasteiger partial charge is 0.151 e. The van der Waals surface area contributed by atoms with Gasteiger partial charge in [0.2, 0.25) is 0 Å². The highest BCUT2D eigenvalue weighted by Crippen LogP contribution is 2.23. The maximum absolute atomic E-state index is 5.99. The average Bonchev–Trinajstić information content (AvgIpc) is 2.75. The topological polar surface area (TPSA) is 56.7 Å². The molecular formula is C12H15BrN4. The lowest BCUT2D eigenvalue weighted by Gasteiger charge is -2.08. The molecule has 2 N–H and O–H groups in total. The van der Waals surface area contributed by atoms with Gasteiger partial charge in [0.05, 0.1) is 11.4 Å². The molecular weight excluding hydrogens is 280 g/mol. The molecule has 0 unspecified atom stereocenters. The van der Waals surface area contributed by atoms with Crippen LogP contribution in [0, 0.1) is 0 Å². The molecule has 0 amide bonds. The number of hydrogen-bond acceptors (Lipinski definition) is 3. The Morgan fingerprint density at radius 1 is 1.29 bits per heavy atom. The number of rotatable bonds is 3. The van der Waals surface area contributed by atoms with Crippen molar-refractivity contribution in [2.75, 3.05) is 5.73 Å². The molecule has 90 valence electrons. The van der Waals surface area contributed by atoms with Crippen LogP contribution < -0.4 is 5.73 Å². The van der Waals surface area contributed by atoms with Gasteiger partial charge in [-0.25, -0.2) is 9.67 Å². The summed E-state index contributed by atoms with van der Waals surface area (Å²) >= 11 is 3.45.